The van der Waals surface area contributed by atoms with Crippen molar-refractivity contribution in [3.05, 3.63) is 33.8 Å². The van der Waals surface area contributed by atoms with E-state index >= 15 is 0 Å². The number of carbonyl (C=O) groups is 1. The van der Waals surface area contributed by atoms with Crippen molar-refractivity contribution in [3.63, 3.8) is 0 Å². The van der Waals surface area contributed by atoms with Gasteiger partial charge in [0, 0.05) is 11.0 Å². The number of benzene rings is 1. The molecule has 0 spiro atoms. The fraction of sp³-hybridized carbons (Fsp3) is 0.417. The summed E-state index contributed by atoms with van der Waals surface area (Å²) in [5.74, 6) is -0.847. The van der Waals surface area contributed by atoms with Gasteiger partial charge in [-0.1, -0.05) is 22.0 Å². The molecule has 0 aliphatic carbocycles. The standard InChI is InChI=1S/C12H16BrNO2/c1-8-4-5-10(13)6-9(8)7-14-12(2,3)11(15)16/h4-6,14H,7H2,1-3H3,(H,15,16). The Morgan fingerprint density at radius 2 is 2.12 bits per heavy atom. The van der Waals surface area contributed by atoms with Crippen molar-refractivity contribution in [1.29, 1.82) is 0 Å². The first kappa shape index (κ1) is 13.2. The van der Waals surface area contributed by atoms with E-state index in [0.29, 0.717) is 6.54 Å². The summed E-state index contributed by atoms with van der Waals surface area (Å²) in [6.07, 6.45) is 0. The Bertz CT molecular complexity index is 402. The van der Waals surface area contributed by atoms with Gasteiger partial charge >= 0.3 is 5.97 Å². The number of aryl methyl sites for hydroxylation is 1. The van der Waals surface area contributed by atoms with Gasteiger partial charge < -0.3 is 5.11 Å². The van der Waals surface area contributed by atoms with Gasteiger partial charge in [-0.2, -0.15) is 0 Å². The molecule has 0 heterocycles. The van der Waals surface area contributed by atoms with Crippen LogP contribution < -0.4 is 5.32 Å². The first-order valence-electron chi connectivity index (χ1n) is 5.06. The fourth-order valence-corrected chi connectivity index (χ4v) is 1.63. The third-order valence-corrected chi connectivity index (χ3v) is 3.06. The number of carboxylic acids is 1. The molecule has 88 valence electrons. The van der Waals surface area contributed by atoms with E-state index in [2.05, 4.69) is 21.2 Å². The van der Waals surface area contributed by atoms with E-state index in [1.165, 1.54) is 0 Å². The summed E-state index contributed by atoms with van der Waals surface area (Å²) in [5.41, 5.74) is 1.34. The maximum absolute atomic E-state index is 10.9. The summed E-state index contributed by atoms with van der Waals surface area (Å²) in [7, 11) is 0. The smallest absolute Gasteiger partial charge is 0.323 e. The van der Waals surface area contributed by atoms with Gasteiger partial charge in [0.1, 0.15) is 5.54 Å². The lowest BCUT2D eigenvalue weighted by Crippen LogP contribution is -2.46. The van der Waals surface area contributed by atoms with Crippen LogP contribution in [0, 0.1) is 6.92 Å². The Morgan fingerprint density at radius 3 is 2.69 bits per heavy atom. The first-order chi connectivity index (χ1) is 7.33. The van der Waals surface area contributed by atoms with Gasteiger partial charge in [-0.25, -0.2) is 0 Å². The Hall–Kier alpha value is -0.870. The van der Waals surface area contributed by atoms with Crippen LogP contribution in [0.25, 0.3) is 0 Å². The van der Waals surface area contributed by atoms with Crippen LogP contribution in [0.1, 0.15) is 25.0 Å². The molecule has 16 heavy (non-hydrogen) atoms. The maximum Gasteiger partial charge on any atom is 0.323 e. The highest BCUT2D eigenvalue weighted by molar-refractivity contribution is 9.10. The molecule has 0 fully saturated rings. The average molecular weight is 286 g/mol. The Labute approximate surface area is 104 Å². The van der Waals surface area contributed by atoms with Crippen LogP contribution in [0.3, 0.4) is 0 Å². The predicted molar refractivity (Wildman–Crippen MR) is 67.4 cm³/mol. The van der Waals surface area contributed by atoms with Crippen molar-refractivity contribution in [2.75, 3.05) is 0 Å². The van der Waals surface area contributed by atoms with Crippen LogP contribution in [0.2, 0.25) is 0 Å². The van der Waals surface area contributed by atoms with Gasteiger partial charge in [-0.05, 0) is 44.0 Å². The third-order valence-electron chi connectivity index (χ3n) is 2.57. The molecule has 0 atom stereocenters. The lowest BCUT2D eigenvalue weighted by molar-refractivity contribution is -0.143. The molecule has 0 unspecified atom stereocenters. The highest BCUT2D eigenvalue weighted by Gasteiger charge is 2.25. The van der Waals surface area contributed by atoms with Crippen LogP contribution in [0.5, 0.6) is 0 Å². The molecule has 1 aromatic rings. The van der Waals surface area contributed by atoms with E-state index in [4.69, 9.17) is 5.11 Å². The van der Waals surface area contributed by atoms with Crippen LogP contribution >= 0.6 is 15.9 Å². The van der Waals surface area contributed by atoms with E-state index in [1.54, 1.807) is 13.8 Å². The number of nitrogens with one attached hydrogen (secondary N) is 1. The van der Waals surface area contributed by atoms with Gasteiger partial charge in [-0.3, -0.25) is 10.1 Å². The second-order valence-electron chi connectivity index (χ2n) is 4.35. The highest BCUT2D eigenvalue weighted by atomic mass is 79.9. The zero-order chi connectivity index (χ0) is 12.3. The van der Waals surface area contributed by atoms with Crippen molar-refractivity contribution in [2.24, 2.45) is 0 Å². The molecule has 0 aliphatic heterocycles. The summed E-state index contributed by atoms with van der Waals surface area (Å²) in [6.45, 7) is 5.87. The van der Waals surface area contributed by atoms with Crippen molar-refractivity contribution >= 4 is 21.9 Å². The van der Waals surface area contributed by atoms with Crippen molar-refractivity contribution in [3.8, 4) is 0 Å². The Morgan fingerprint density at radius 1 is 1.50 bits per heavy atom. The van der Waals surface area contributed by atoms with E-state index < -0.39 is 11.5 Å². The monoisotopic (exact) mass is 285 g/mol. The van der Waals surface area contributed by atoms with Gasteiger partial charge in [0.25, 0.3) is 0 Å². The van der Waals surface area contributed by atoms with Crippen LogP contribution in [0.4, 0.5) is 0 Å². The minimum atomic E-state index is -0.908. The number of halogens is 1. The molecule has 0 bridgehead atoms. The predicted octanol–water partition coefficient (Wildman–Crippen LogP) is 2.71. The molecule has 0 aliphatic rings. The molecule has 0 aromatic heterocycles. The molecule has 1 aromatic carbocycles. The highest BCUT2D eigenvalue weighted by Crippen LogP contribution is 2.16. The molecule has 2 N–H and O–H groups in total. The average Bonchev–Trinajstić information content (AvgIpc) is 2.19. The molecule has 0 saturated heterocycles. The molecular formula is C12H16BrNO2. The molecule has 0 radical (unpaired) electrons. The van der Waals surface area contributed by atoms with Gasteiger partial charge in [-0.15, -0.1) is 0 Å². The second-order valence-corrected chi connectivity index (χ2v) is 5.27. The van der Waals surface area contributed by atoms with Crippen LogP contribution in [-0.2, 0) is 11.3 Å². The SMILES string of the molecule is Cc1ccc(Br)cc1CNC(C)(C)C(=O)O. The minimum Gasteiger partial charge on any atom is -0.480 e. The first-order valence-corrected chi connectivity index (χ1v) is 5.85. The van der Waals surface area contributed by atoms with Crippen molar-refractivity contribution < 1.29 is 9.90 Å². The normalized spacial score (nSPS) is 11.5. The van der Waals surface area contributed by atoms with Crippen molar-refractivity contribution in [2.45, 2.75) is 32.9 Å². The number of hydrogen-bond acceptors (Lipinski definition) is 2. The van der Waals surface area contributed by atoms with Crippen LogP contribution in [-0.4, -0.2) is 16.6 Å². The molecule has 1 rings (SSSR count). The molecule has 0 amide bonds. The fourth-order valence-electron chi connectivity index (χ4n) is 1.22. The van der Waals surface area contributed by atoms with Crippen LogP contribution in [0.15, 0.2) is 22.7 Å². The number of rotatable bonds is 4. The molecular weight excluding hydrogens is 270 g/mol. The van der Waals surface area contributed by atoms with Crippen molar-refractivity contribution in [1.82, 2.24) is 5.32 Å². The van der Waals surface area contributed by atoms with Gasteiger partial charge in [0.2, 0.25) is 0 Å². The summed E-state index contributed by atoms with van der Waals surface area (Å²) in [6, 6.07) is 5.98. The van der Waals surface area contributed by atoms with E-state index in [9.17, 15) is 4.79 Å². The lowest BCUT2D eigenvalue weighted by Gasteiger charge is -2.21. The number of hydrogen-bond donors (Lipinski definition) is 2. The molecule has 4 heteroatoms. The second kappa shape index (κ2) is 4.97. The zero-order valence-electron chi connectivity index (χ0n) is 9.67. The van der Waals surface area contributed by atoms with E-state index in [1.807, 2.05) is 25.1 Å². The third kappa shape index (κ3) is 3.32. The summed E-state index contributed by atoms with van der Waals surface area (Å²) in [5, 5.41) is 12.0. The summed E-state index contributed by atoms with van der Waals surface area (Å²) < 4.78 is 1.00. The lowest BCUT2D eigenvalue weighted by atomic mass is 10.0. The van der Waals surface area contributed by atoms with Gasteiger partial charge in [0.05, 0.1) is 0 Å². The number of carboxylic acid groups (broad SMARTS) is 1. The van der Waals surface area contributed by atoms with Gasteiger partial charge in [0.15, 0.2) is 0 Å². The Kier molecular flexibility index (Phi) is 4.10. The topological polar surface area (TPSA) is 49.3 Å². The number of aliphatic carboxylic acids is 1. The minimum absolute atomic E-state index is 0.546. The van der Waals surface area contributed by atoms with E-state index in [-0.39, 0.29) is 0 Å². The molecule has 0 saturated carbocycles. The summed E-state index contributed by atoms with van der Waals surface area (Å²) in [4.78, 5) is 10.9. The quantitative estimate of drug-likeness (QED) is 0.894. The zero-order valence-corrected chi connectivity index (χ0v) is 11.3. The summed E-state index contributed by atoms with van der Waals surface area (Å²) >= 11 is 3.40. The molecule has 3 nitrogen and oxygen atoms in total. The largest absolute Gasteiger partial charge is 0.480 e. The maximum atomic E-state index is 10.9. The Balaban J connectivity index is 2.75. The van der Waals surface area contributed by atoms with E-state index in [0.717, 1.165) is 15.6 Å².